The second kappa shape index (κ2) is 8.96. The van der Waals surface area contributed by atoms with Gasteiger partial charge in [0.05, 0.1) is 18.2 Å². The van der Waals surface area contributed by atoms with Gasteiger partial charge in [-0.1, -0.05) is 30.3 Å². The largest absolute Gasteiger partial charge is 0.353 e. The molecule has 0 bridgehead atoms. The predicted octanol–water partition coefficient (Wildman–Crippen LogP) is 3.46. The van der Waals surface area contributed by atoms with Crippen LogP contribution in [0.2, 0.25) is 0 Å². The van der Waals surface area contributed by atoms with Crippen molar-refractivity contribution in [1.82, 2.24) is 24.8 Å². The fourth-order valence-electron chi connectivity index (χ4n) is 4.88. The Labute approximate surface area is 194 Å². The molecule has 2 fully saturated rings. The van der Waals surface area contributed by atoms with E-state index < -0.39 is 0 Å². The molecular formula is C26H31N5O2. The van der Waals surface area contributed by atoms with Crippen molar-refractivity contribution >= 4 is 17.5 Å². The maximum absolute atomic E-state index is 13.1. The third-order valence-corrected chi connectivity index (χ3v) is 6.84. The highest BCUT2D eigenvalue weighted by Crippen LogP contribution is 2.32. The third kappa shape index (κ3) is 4.63. The van der Waals surface area contributed by atoms with Crippen LogP contribution in [0.3, 0.4) is 0 Å². The van der Waals surface area contributed by atoms with Crippen LogP contribution in [0.4, 0.5) is 0 Å². The molecule has 0 radical (unpaired) electrons. The maximum atomic E-state index is 13.1. The molecule has 3 aromatic rings. The van der Waals surface area contributed by atoms with Crippen molar-refractivity contribution in [2.24, 2.45) is 0 Å². The van der Waals surface area contributed by atoms with E-state index in [9.17, 15) is 9.59 Å². The summed E-state index contributed by atoms with van der Waals surface area (Å²) in [4.78, 5) is 32.0. The Bertz CT molecular complexity index is 1180. The number of amides is 2. The second-order valence-electron chi connectivity index (χ2n) is 9.35. The molecule has 33 heavy (non-hydrogen) atoms. The van der Waals surface area contributed by atoms with Crippen LogP contribution in [0.1, 0.15) is 66.4 Å². The molecule has 5 rings (SSSR count). The first kappa shape index (κ1) is 21.6. The normalized spacial score (nSPS) is 18.1. The van der Waals surface area contributed by atoms with Gasteiger partial charge in [-0.05, 0) is 57.1 Å². The molecule has 1 N–H and O–H groups in total. The van der Waals surface area contributed by atoms with E-state index in [0.29, 0.717) is 25.3 Å². The van der Waals surface area contributed by atoms with Crippen molar-refractivity contribution in [2.45, 2.75) is 70.9 Å². The van der Waals surface area contributed by atoms with Gasteiger partial charge in [0.1, 0.15) is 0 Å². The highest BCUT2D eigenvalue weighted by Gasteiger charge is 2.32. The summed E-state index contributed by atoms with van der Waals surface area (Å²) in [6.45, 7) is 4.80. The van der Waals surface area contributed by atoms with E-state index in [-0.39, 0.29) is 17.9 Å². The van der Waals surface area contributed by atoms with Crippen molar-refractivity contribution < 1.29 is 9.59 Å². The molecule has 1 saturated heterocycles. The molecule has 1 unspecified atom stereocenters. The summed E-state index contributed by atoms with van der Waals surface area (Å²) in [7, 11) is 0. The van der Waals surface area contributed by atoms with E-state index in [1.807, 2.05) is 59.7 Å². The van der Waals surface area contributed by atoms with Gasteiger partial charge in [0.2, 0.25) is 11.8 Å². The quantitative estimate of drug-likeness (QED) is 0.604. The molecule has 1 aliphatic heterocycles. The van der Waals surface area contributed by atoms with Gasteiger partial charge >= 0.3 is 0 Å². The molecule has 7 nitrogen and oxygen atoms in total. The number of hydrogen-bond acceptors (Lipinski definition) is 4. The Kier molecular flexibility index (Phi) is 5.87. The van der Waals surface area contributed by atoms with Gasteiger partial charge in [0, 0.05) is 36.5 Å². The van der Waals surface area contributed by atoms with Gasteiger partial charge in [-0.15, -0.1) is 0 Å². The molecule has 2 amide bonds. The smallest absolute Gasteiger partial charge is 0.227 e. The summed E-state index contributed by atoms with van der Waals surface area (Å²) < 4.78 is 1.88. The minimum atomic E-state index is -0.0182. The van der Waals surface area contributed by atoms with Gasteiger partial charge in [-0.2, -0.15) is 5.10 Å². The van der Waals surface area contributed by atoms with Crippen LogP contribution in [-0.4, -0.2) is 43.9 Å². The Morgan fingerprint density at radius 1 is 1.12 bits per heavy atom. The number of nitrogens with one attached hydrogen (secondary N) is 1. The van der Waals surface area contributed by atoms with Crippen LogP contribution in [0.25, 0.3) is 5.65 Å². The highest BCUT2D eigenvalue weighted by molar-refractivity contribution is 5.79. The molecule has 3 heterocycles. The van der Waals surface area contributed by atoms with Crippen molar-refractivity contribution in [1.29, 1.82) is 0 Å². The number of aromatic nitrogens is 3. The van der Waals surface area contributed by atoms with Gasteiger partial charge in [0.25, 0.3) is 0 Å². The van der Waals surface area contributed by atoms with Crippen LogP contribution in [0, 0.1) is 13.8 Å². The van der Waals surface area contributed by atoms with E-state index in [4.69, 9.17) is 10.1 Å². The van der Waals surface area contributed by atoms with E-state index in [1.165, 1.54) is 0 Å². The number of nitrogens with zero attached hydrogens (tertiary/aromatic N) is 4. The maximum Gasteiger partial charge on any atom is 0.227 e. The predicted molar refractivity (Wildman–Crippen MR) is 126 cm³/mol. The lowest BCUT2D eigenvalue weighted by Crippen LogP contribution is -2.32. The summed E-state index contributed by atoms with van der Waals surface area (Å²) in [5, 5.41) is 7.94. The summed E-state index contributed by atoms with van der Waals surface area (Å²) in [6, 6.07) is 12.3. The molecule has 2 aliphatic rings. The number of carbonyl (C=O) groups excluding carboxylic acids is 2. The van der Waals surface area contributed by atoms with Crippen LogP contribution in [0.15, 0.2) is 36.4 Å². The van der Waals surface area contributed by atoms with Crippen molar-refractivity contribution in [3.8, 4) is 0 Å². The number of aryl methyl sites for hydroxylation is 2. The molecule has 7 heteroatoms. The Balaban J connectivity index is 1.35. The van der Waals surface area contributed by atoms with E-state index in [2.05, 4.69) is 5.32 Å². The van der Waals surface area contributed by atoms with E-state index in [1.54, 1.807) is 0 Å². The lowest BCUT2D eigenvalue weighted by molar-refractivity contribution is -0.131. The standard InChI is InChI=1S/C26H31N5O2/c1-17-21(12-13-25(32)28-20-10-11-20)18(2)31-24(27-17)16-22(29-31)23-9-6-14-30(23)26(33)15-19-7-4-3-5-8-19/h3-5,7-8,16,20,23H,6,9-15H2,1-2H3,(H,28,32). The fraction of sp³-hybridized carbons (Fsp3) is 0.462. The molecule has 172 valence electrons. The number of likely N-dealkylation sites (tertiary alicyclic amines) is 1. The number of benzene rings is 1. The molecule has 1 saturated carbocycles. The molecule has 0 spiro atoms. The first-order valence-corrected chi connectivity index (χ1v) is 12.0. The first-order chi connectivity index (χ1) is 16.0. The molecule has 1 atom stereocenters. The topological polar surface area (TPSA) is 79.6 Å². The Morgan fingerprint density at radius 3 is 2.67 bits per heavy atom. The summed E-state index contributed by atoms with van der Waals surface area (Å²) in [5.74, 6) is 0.250. The van der Waals surface area contributed by atoms with E-state index in [0.717, 1.165) is 66.1 Å². The first-order valence-electron chi connectivity index (χ1n) is 12.0. The van der Waals surface area contributed by atoms with Crippen LogP contribution in [0.5, 0.6) is 0 Å². The van der Waals surface area contributed by atoms with Crippen LogP contribution < -0.4 is 5.32 Å². The molecule has 1 aliphatic carbocycles. The Hall–Kier alpha value is -3.22. The van der Waals surface area contributed by atoms with Crippen molar-refractivity contribution in [2.75, 3.05) is 6.54 Å². The minimum Gasteiger partial charge on any atom is -0.353 e. The lowest BCUT2D eigenvalue weighted by Gasteiger charge is -2.23. The minimum absolute atomic E-state index is 0.0182. The lowest BCUT2D eigenvalue weighted by atomic mass is 10.1. The zero-order chi connectivity index (χ0) is 22.9. The third-order valence-electron chi connectivity index (χ3n) is 6.84. The number of rotatable bonds is 7. The fourth-order valence-corrected chi connectivity index (χ4v) is 4.88. The average molecular weight is 446 g/mol. The van der Waals surface area contributed by atoms with Crippen LogP contribution >= 0.6 is 0 Å². The zero-order valence-electron chi connectivity index (χ0n) is 19.4. The molecular weight excluding hydrogens is 414 g/mol. The average Bonchev–Trinajstić information content (AvgIpc) is 3.30. The van der Waals surface area contributed by atoms with Gasteiger partial charge in [-0.25, -0.2) is 9.50 Å². The monoisotopic (exact) mass is 445 g/mol. The molecule has 1 aromatic carbocycles. The second-order valence-corrected chi connectivity index (χ2v) is 9.35. The van der Waals surface area contributed by atoms with Crippen molar-refractivity contribution in [3.05, 3.63) is 64.6 Å². The van der Waals surface area contributed by atoms with Crippen molar-refractivity contribution in [3.63, 3.8) is 0 Å². The van der Waals surface area contributed by atoms with Gasteiger partial charge in [0.15, 0.2) is 5.65 Å². The Morgan fingerprint density at radius 2 is 1.91 bits per heavy atom. The summed E-state index contributed by atoms with van der Waals surface area (Å²) in [5.41, 5.74) is 5.76. The highest BCUT2D eigenvalue weighted by atomic mass is 16.2. The van der Waals surface area contributed by atoms with Gasteiger partial charge in [-0.3, -0.25) is 9.59 Å². The zero-order valence-corrected chi connectivity index (χ0v) is 19.4. The SMILES string of the molecule is Cc1nc2cc(C3CCCN3C(=O)Cc3ccccc3)nn2c(C)c1CCC(=O)NC1CC1. The summed E-state index contributed by atoms with van der Waals surface area (Å²) >= 11 is 0. The number of fused-ring (bicyclic) bond motifs is 1. The number of hydrogen-bond donors (Lipinski definition) is 1. The van der Waals surface area contributed by atoms with Crippen LogP contribution in [-0.2, 0) is 22.4 Å². The van der Waals surface area contributed by atoms with Gasteiger partial charge < -0.3 is 10.2 Å². The summed E-state index contributed by atoms with van der Waals surface area (Å²) in [6.07, 6.45) is 5.61. The van der Waals surface area contributed by atoms with E-state index >= 15 is 0 Å². The molecule has 2 aromatic heterocycles. The number of carbonyl (C=O) groups is 2.